The SMILES string of the molecule is Cn1c(SCc2noc(-c3ccc(Cl)cc3)n2)nc2ccsc2c1=O. The Bertz CT molecular complexity index is 1100. The second kappa shape index (κ2) is 6.62. The van der Waals surface area contributed by atoms with Crippen LogP contribution in [0.2, 0.25) is 5.02 Å². The number of halogens is 1. The zero-order valence-electron chi connectivity index (χ0n) is 13.0. The highest BCUT2D eigenvalue weighted by molar-refractivity contribution is 7.98. The molecular formula is C16H11ClN4O2S2. The van der Waals surface area contributed by atoms with Gasteiger partial charge in [0.2, 0.25) is 0 Å². The molecule has 0 spiro atoms. The topological polar surface area (TPSA) is 73.8 Å². The maximum absolute atomic E-state index is 12.3. The van der Waals surface area contributed by atoms with Crippen LogP contribution in [0.1, 0.15) is 5.82 Å². The van der Waals surface area contributed by atoms with Crippen molar-refractivity contribution in [3.8, 4) is 11.5 Å². The number of thioether (sulfide) groups is 1. The molecule has 0 atom stereocenters. The van der Waals surface area contributed by atoms with Crippen molar-refractivity contribution in [2.75, 3.05) is 0 Å². The van der Waals surface area contributed by atoms with Crippen LogP contribution in [-0.2, 0) is 12.8 Å². The fourth-order valence-electron chi connectivity index (χ4n) is 2.25. The van der Waals surface area contributed by atoms with Crippen molar-refractivity contribution in [1.82, 2.24) is 19.7 Å². The second-order valence-corrected chi connectivity index (χ2v) is 7.50. The minimum absolute atomic E-state index is 0.0440. The molecule has 0 aliphatic carbocycles. The Morgan fingerprint density at radius 1 is 1.24 bits per heavy atom. The highest BCUT2D eigenvalue weighted by atomic mass is 35.5. The Kier molecular flexibility index (Phi) is 4.32. The molecule has 6 nitrogen and oxygen atoms in total. The Labute approximate surface area is 155 Å². The molecule has 3 aromatic heterocycles. The maximum atomic E-state index is 12.3. The quantitative estimate of drug-likeness (QED) is 0.387. The monoisotopic (exact) mass is 390 g/mol. The first-order valence-corrected chi connectivity index (χ1v) is 9.52. The minimum Gasteiger partial charge on any atom is -0.334 e. The first-order chi connectivity index (χ1) is 12.1. The van der Waals surface area contributed by atoms with Crippen LogP contribution in [0.3, 0.4) is 0 Å². The lowest BCUT2D eigenvalue weighted by molar-refractivity contribution is 0.425. The van der Waals surface area contributed by atoms with Crippen LogP contribution in [-0.4, -0.2) is 19.7 Å². The van der Waals surface area contributed by atoms with Gasteiger partial charge in [0.25, 0.3) is 11.4 Å². The van der Waals surface area contributed by atoms with Gasteiger partial charge in [-0.25, -0.2) is 4.98 Å². The van der Waals surface area contributed by atoms with Gasteiger partial charge in [0.1, 0.15) is 4.70 Å². The van der Waals surface area contributed by atoms with E-state index in [1.54, 1.807) is 23.7 Å². The summed E-state index contributed by atoms with van der Waals surface area (Å²) in [5.74, 6) is 1.42. The van der Waals surface area contributed by atoms with Gasteiger partial charge >= 0.3 is 0 Å². The van der Waals surface area contributed by atoms with Crippen molar-refractivity contribution >= 4 is 44.9 Å². The number of benzene rings is 1. The molecule has 0 unspecified atom stereocenters. The molecule has 25 heavy (non-hydrogen) atoms. The Morgan fingerprint density at radius 3 is 2.84 bits per heavy atom. The molecule has 0 aliphatic heterocycles. The summed E-state index contributed by atoms with van der Waals surface area (Å²) in [6.45, 7) is 0. The molecule has 4 rings (SSSR count). The van der Waals surface area contributed by atoms with E-state index in [0.29, 0.717) is 37.9 Å². The van der Waals surface area contributed by atoms with Gasteiger partial charge < -0.3 is 4.52 Å². The molecule has 0 N–H and O–H groups in total. The molecular weight excluding hydrogens is 380 g/mol. The number of hydrogen-bond donors (Lipinski definition) is 0. The van der Waals surface area contributed by atoms with E-state index in [1.165, 1.54) is 23.1 Å². The predicted octanol–water partition coefficient (Wildman–Crippen LogP) is 3.99. The van der Waals surface area contributed by atoms with Crippen LogP contribution in [0.25, 0.3) is 21.7 Å². The van der Waals surface area contributed by atoms with E-state index in [4.69, 9.17) is 16.1 Å². The average molecular weight is 391 g/mol. The number of hydrogen-bond acceptors (Lipinski definition) is 7. The van der Waals surface area contributed by atoms with Crippen molar-refractivity contribution in [2.45, 2.75) is 10.9 Å². The molecule has 0 amide bonds. The first-order valence-electron chi connectivity index (χ1n) is 7.27. The zero-order valence-corrected chi connectivity index (χ0v) is 15.4. The summed E-state index contributed by atoms with van der Waals surface area (Å²) in [6, 6.07) is 9.03. The highest BCUT2D eigenvalue weighted by Crippen LogP contribution is 2.24. The number of nitrogens with zero attached hydrogens (tertiary/aromatic N) is 4. The summed E-state index contributed by atoms with van der Waals surface area (Å²) in [5, 5.41) is 7.11. The van der Waals surface area contributed by atoms with Crippen molar-refractivity contribution in [3.63, 3.8) is 0 Å². The van der Waals surface area contributed by atoms with Gasteiger partial charge in [-0.2, -0.15) is 4.98 Å². The Hall–Kier alpha value is -2.16. The van der Waals surface area contributed by atoms with E-state index in [0.717, 1.165) is 5.56 Å². The van der Waals surface area contributed by atoms with E-state index in [1.807, 2.05) is 23.6 Å². The third kappa shape index (κ3) is 3.20. The molecule has 0 aliphatic rings. The van der Waals surface area contributed by atoms with E-state index >= 15 is 0 Å². The van der Waals surface area contributed by atoms with Crippen LogP contribution in [0, 0.1) is 0 Å². The third-order valence-electron chi connectivity index (χ3n) is 3.54. The van der Waals surface area contributed by atoms with Crippen LogP contribution in [0.5, 0.6) is 0 Å². The molecule has 1 aromatic carbocycles. The van der Waals surface area contributed by atoms with Gasteiger partial charge in [-0.05, 0) is 35.7 Å². The molecule has 0 radical (unpaired) electrons. The van der Waals surface area contributed by atoms with Gasteiger partial charge in [0.05, 0.1) is 11.3 Å². The smallest absolute Gasteiger partial charge is 0.271 e. The lowest BCUT2D eigenvalue weighted by Crippen LogP contribution is -2.18. The maximum Gasteiger partial charge on any atom is 0.271 e. The Balaban J connectivity index is 1.55. The Morgan fingerprint density at radius 2 is 2.04 bits per heavy atom. The summed E-state index contributed by atoms with van der Waals surface area (Å²) in [4.78, 5) is 21.2. The molecule has 0 fully saturated rings. The molecule has 9 heteroatoms. The fraction of sp³-hybridized carbons (Fsp3) is 0.125. The fourth-order valence-corrected chi connectivity index (χ4v) is 3.99. The van der Waals surface area contributed by atoms with Gasteiger partial charge in [0.15, 0.2) is 11.0 Å². The lowest BCUT2D eigenvalue weighted by atomic mass is 10.2. The number of rotatable bonds is 4. The predicted molar refractivity (Wildman–Crippen MR) is 99.2 cm³/mol. The summed E-state index contributed by atoms with van der Waals surface area (Å²) in [7, 11) is 1.71. The van der Waals surface area contributed by atoms with Gasteiger partial charge in [0, 0.05) is 17.6 Å². The van der Waals surface area contributed by atoms with Crippen molar-refractivity contribution in [2.24, 2.45) is 7.05 Å². The first kappa shape index (κ1) is 16.3. The largest absolute Gasteiger partial charge is 0.334 e. The molecule has 0 bridgehead atoms. The third-order valence-corrected chi connectivity index (χ3v) is 5.71. The van der Waals surface area contributed by atoms with Crippen LogP contribution < -0.4 is 5.56 Å². The summed E-state index contributed by atoms with van der Waals surface area (Å²) >= 11 is 8.67. The van der Waals surface area contributed by atoms with E-state index in [9.17, 15) is 4.79 Å². The van der Waals surface area contributed by atoms with Crippen molar-refractivity contribution < 1.29 is 4.52 Å². The van der Waals surface area contributed by atoms with Gasteiger partial charge in [-0.1, -0.05) is 28.5 Å². The summed E-state index contributed by atoms with van der Waals surface area (Å²) in [5.41, 5.74) is 1.47. The minimum atomic E-state index is -0.0440. The van der Waals surface area contributed by atoms with Crippen LogP contribution in [0.4, 0.5) is 0 Å². The molecule has 0 saturated heterocycles. The molecule has 4 aromatic rings. The van der Waals surface area contributed by atoms with Crippen LogP contribution in [0.15, 0.2) is 50.2 Å². The van der Waals surface area contributed by atoms with Crippen molar-refractivity contribution in [1.29, 1.82) is 0 Å². The summed E-state index contributed by atoms with van der Waals surface area (Å²) in [6.07, 6.45) is 0. The van der Waals surface area contributed by atoms with Crippen LogP contribution >= 0.6 is 34.7 Å². The number of thiophene rings is 1. The zero-order chi connectivity index (χ0) is 17.4. The number of fused-ring (bicyclic) bond motifs is 1. The standard InChI is InChI=1S/C16H11ClN4O2S2/c1-21-15(22)13-11(6-7-24-13)18-16(21)25-8-12-19-14(23-20-12)9-2-4-10(17)5-3-9/h2-7H,8H2,1H3. The highest BCUT2D eigenvalue weighted by Gasteiger charge is 2.13. The van der Waals surface area contributed by atoms with E-state index in [-0.39, 0.29) is 5.56 Å². The van der Waals surface area contributed by atoms with Gasteiger partial charge in [-0.15, -0.1) is 11.3 Å². The van der Waals surface area contributed by atoms with Gasteiger partial charge in [-0.3, -0.25) is 9.36 Å². The van der Waals surface area contributed by atoms with E-state index < -0.39 is 0 Å². The normalized spacial score (nSPS) is 11.3. The lowest BCUT2D eigenvalue weighted by Gasteiger charge is -2.05. The molecule has 3 heterocycles. The molecule has 126 valence electrons. The second-order valence-electron chi connectivity index (χ2n) is 5.20. The van der Waals surface area contributed by atoms with Crippen molar-refractivity contribution in [3.05, 3.63) is 56.9 Å². The summed E-state index contributed by atoms with van der Waals surface area (Å²) < 4.78 is 7.49. The van der Waals surface area contributed by atoms with E-state index in [2.05, 4.69) is 15.1 Å². The molecule has 0 saturated carbocycles. The average Bonchev–Trinajstić information content (AvgIpc) is 3.27. The number of aromatic nitrogens is 4.